The lowest BCUT2D eigenvalue weighted by Gasteiger charge is -2.04. The van der Waals surface area contributed by atoms with Crippen LogP contribution in [0.3, 0.4) is 0 Å². The van der Waals surface area contributed by atoms with Gasteiger partial charge in [-0.1, -0.05) is 23.2 Å². The second kappa shape index (κ2) is 6.06. The molecule has 0 fully saturated rings. The van der Waals surface area contributed by atoms with Gasteiger partial charge < -0.3 is 10.4 Å². The first kappa shape index (κ1) is 13.9. The Morgan fingerprint density at radius 1 is 1.42 bits per heavy atom. The summed E-state index contributed by atoms with van der Waals surface area (Å²) in [6, 6.07) is 5.01. The predicted molar refractivity (Wildman–Crippen MR) is 73.0 cm³/mol. The third-order valence-electron chi connectivity index (χ3n) is 2.40. The van der Waals surface area contributed by atoms with Gasteiger partial charge in [-0.3, -0.25) is 4.79 Å². The molecule has 0 aliphatic carbocycles. The van der Waals surface area contributed by atoms with Crippen molar-refractivity contribution in [3.05, 3.63) is 46.2 Å². The van der Waals surface area contributed by atoms with Gasteiger partial charge in [-0.05, 0) is 18.2 Å². The molecule has 0 radical (unpaired) electrons. The standard InChI is InChI=1S/C12H11Cl2N3O2/c13-9-1-2-11(10(14)5-9)17-7-8(6-16-17)12(19)15-3-4-18/h1-2,5-7,18H,3-4H2,(H,15,19). The molecule has 7 heteroatoms. The van der Waals surface area contributed by atoms with E-state index in [1.54, 1.807) is 24.4 Å². The monoisotopic (exact) mass is 299 g/mol. The number of rotatable bonds is 4. The molecule has 0 aliphatic heterocycles. The normalized spacial score (nSPS) is 10.5. The third kappa shape index (κ3) is 3.26. The second-order valence-corrected chi connectivity index (χ2v) is 4.59. The summed E-state index contributed by atoms with van der Waals surface area (Å²) >= 11 is 11.9. The lowest BCUT2D eigenvalue weighted by Crippen LogP contribution is -2.25. The smallest absolute Gasteiger partial charge is 0.254 e. The summed E-state index contributed by atoms with van der Waals surface area (Å²) in [5.74, 6) is -0.301. The Bertz CT molecular complexity index is 598. The van der Waals surface area contributed by atoms with Crippen molar-refractivity contribution in [2.45, 2.75) is 0 Å². The van der Waals surface area contributed by atoms with Gasteiger partial charge in [0.15, 0.2) is 0 Å². The molecular formula is C12H11Cl2N3O2. The molecule has 2 aromatic rings. The van der Waals surface area contributed by atoms with Gasteiger partial charge in [0.25, 0.3) is 5.91 Å². The number of nitrogens with zero attached hydrogens (tertiary/aromatic N) is 2. The minimum absolute atomic E-state index is 0.108. The molecule has 0 unspecified atom stereocenters. The van der Waals surface area contributed by atoms with E-state index in [4.69, 9.17) is 28.3 Å². The molecule has 0 aliphatic rings. The van der Waals surface area contributed by atoms with Gasteiger partial charge in [0.05, 0.1) is 29.1 Å². The van der Waals surface area contributed by atoms with E-state index in [-0.39, 0.29) is 19.1 Å². The first-order valence-electron chi connectivity index (χ1n) is 5.51. The van der Waals surface area contributed by atoms with Crippen LogP contribution >= 0.6 is 23.2 Å². The van der Waals surface area contributed by atoms with Gasteiger partial charge in [0, 0.05) is 17.8 Å². The summed E-state index contributed by atoms with van der Waals surface area (Å²) in [5, 5.41) is 16.2. The van der Waals surface area contributed by atoms with Crippen molar-refractivity contribution in [2.24, 2.45) is 0 Å². The Labute approximate surface area is 119 Å². The van der Waals surface area contributed by atoms with Crippen molar-refractivity contribution in [1.82, 2.24) is 15.1 Å². The second-order valence-electron chi connectivity index (χ2n) is 3.75. The van der Waals surface area contributed by atoms with Crippen molar-refractivity contribution in [3.63, 3.8) is 0 Å². The summed E-state index contributed by atoms with van der Waals surface area (Å²) in [5.41, 5.74) is 1.02. The Morgan fingerprint density at radius 3 is 2.89 bits per heavy atom. The lowest BCUT2D eigenvalue weighted by atomic mass is 10.3. The maximum absolute atomic E-state index is 11.7. The van der Waals surface area contributed by atoms with Crippen LogP contribution in [0.4, 0.5) is 0 Å². The number of hydrogen-bond donors (Lipinski definition) is 2. The largest absolute Gasteiger partial charge is 0.395 e. The van der Waals surface area contributed by atoms with Gasteiger partial charge in [-0.15, -0.1) is 0 Å². The highest BCUT2D eigenvalue weighted by atomic mass is 35.5. The van der Waals surface area contributed by atoms with E-state index in [2.05, 4.69) is 10.4 Å². The molecule has 0 bridgehead atoms. The zero-order valence-electron chi connectivity index (χ0n) is 9.81. The maximum atomic E-state index is 11.7. The van der Waals surface area contributed by atoms with Crippen molar-refractivity contribution >= 4 is 29.1 Å². The first-order valence-corrected chi connectivity index (χ1v) is 6.26. The van der Waals surface area contributed by atoms with Crippen molar-refractivity contribution in [3.8, 4) is 5.69 Å². The molecule has 0 spiro atoms. The molecule has 1 amide bonds. The fourth-order valence-corrected chi connectivity index (χ4v) is 2.01. The molecule has 100 valence electrons. The number of carbonyl (C=O) groups is 1. The molecule has 1 heterocycles. The molecular weight excluding hydrogens is 289 g/mol. The number of benzene rings is 1. The zero-order valence-corrected chi connectivity index (χ0v) is 11.3. The topological polar surface area (TPSA) is 67.2 Å². The predicted octanol–water partition coefficient (Wildman–Crippen LogP) is 1.90. The Hall–Kier alpha value is -1.56. The molecule has 2 N–H and O–H groups in total. The summed E-state index contributed by atoms with van der Waals surface area (Å²) in [7, 11) is 0. The highest BCUT2D eigenvalue weighted by Crippen LogP contribution is 2.23. The first-order chi connectivity index (χ1) is 9.11. The number of halogens is 2. The van der Waals surface area contributed by atoms with E-state index in [9.17, 15) is 4.79 Å². The zero-order chi connectivity index (χ0) is 13.8. The molecule has 5 nitrogen and oxygen atoms in total. The van der Waals surface area contributed by atoms with E-state index >= 15 is 0 Å². The van der Waals surface area contributed by atoms with E-state index in [0.29, 0.717) is 21.3 Å². The summed E-state index contributed by atoms with van der Waals surface area (Å²) in [6.07, 6.45) is 2.99. The Morgan fingerprint density at radius 2 is 2.21 bits per heavy atom. The number of hydrogen-bond acceptors (Lipinski definition) is 3. The highest BCUT2D eigenvalue weighted by molar-refractivity contribution is 6.35. The summed E-state index contributed by atoms with van der Waals surface area (Å²) in [4.78, 5) is 11.7. The molecule has 1 aromatic carbocycles. The lowest BCUT2D eigenvalue weighted by molar-refractivity contribution is 0.0945. The Balaban J connectivity index is 2.23. The average Bonchev–Trinajstić information content (AvgIpc) is 2.85. The molecule has 0 atom stereocenters. The fourth-order valence-electron chi connectivity index (χ4n) is 1.51. The fraction of sp³-hybridized carbons (Fsp3) is 0.167. The number of aliphatic hydroxyl groups is 1. The third-order valence-corrected chi connectivity index (χ3v) is 2.94. The van der Waals surface area contributed by atoms with Crippen LogP contribution in [0.15, 0.2) is 30.6 Å². The van der Waals surface area contributed by atoms with Crippen LogP contribution in [0.5, 0.6) is 0 Å². The van der Waals surface area contributed by atoms with Crippen molar-refractivity contribution < 1.29 is 9.90 Å². The van der Waals surface area contributed by atoms with Crippen LogP contribution < -0.4 is 5.32 Å². The quantitative estimate of drug-likeness (QED) is 0.906. The number of nitrogens with one attached hydrogen (secondary N) is 1. The molecule has 0 saturated heterocycles. The highest BCUT2D eigenvalue weighted by Gasteiger charge is 2.10. The minimum atomic E-state index is -0.301. The van der Waals surface area contributed by atoms with Crippen LogP contribution in [-0.2, 0) is 0 Å². The van der Waals surface area contributed by atoms with Gasteiger partial charge in [0.2, 0.25) is 0 Å². The van der Waals surface area contributed by atoms with Crippen LogP contribution in [-0.4, -0.2) is 33.9 Å². The summed E-state index contributed by atoms with van der Waals surface area (Å²) in [6.45, 7) is 0.0919. The summed E-state index contributed by atoms with van der Waals surface area (Å²) < 4.78 is 1.49. The maximum Gasteiger partial charge on any atom is 0.254 e. The molecule has 2 rings (SSSR count). The molecule has 0 saturated carbocycles. The minimum Gasteiger partial charge on any atom is -0.395 e. The van der Waals surface area contributed by atoms with E-state index < -0.39 is 0 Å². The average molecular weight is 300 g/mol. The number of amides is 1. The van der Waals surface area contributed by atoms with Crippen molar-refractivity contribution in [1.29, 1.82) is 0 Å². The van der Waals surface area contributed by atoms with Crippen molar-refractivity contribution in [2.75, 3.05) is 13.2 Å². The van der Waals surface area contributed by atoms with E-state index in [1.807, 2.05) is 0 Å². The molecule has 19 heavy (non-hydrogen) atoms. The van der Waals surface area contributed by atoms with Gasteiger partial charge in [-0.25, -0.2) is 4.68 Å². The SMILES string of the molecule is O=C(NCCO)c1cnn(-c2ccc(Cl)cc2Cl)c1. The van der Waals surface area contributed by atoms with Crippen LogP contribution in [0.25, 0.3) is 5.69 Å². The van der Waals surface area contributed by atoms with Crippen LogP contribution in [0.2, 0.25) is 10.0 Å². The number of aromatic nitrogens is 2. The van der Waals surface area contributed by atoms with Gasteiger partial charge >= 0.3 is 0 Å². The van der Waals surface area contributed by atoms with Gasteiger partial charge in [-0.2, -0.15) is 5.10 Å². The Kier molecular flexibility index (Phi) is 4.42. The number of aliphatic hydroxyl groups excluding tert-OH is 1. The number of carbonyl (C=O) groups excluding carboxylic acids is 1. The van der Waals surface area contributed by atoms with Crippen LogP contribution in [0, 0.1) is 0 Å². The van der Waals surface area contributed by atoms with E-state index in [1.165, 1.54) is 10.9 Å². The van der Waals surface area contributed by atoms with E-state index in [0.717, 1.165) is 0 Å². The molecule has 1 aromatic heterocycles. The van der Waals surface area contributed by atoms with Gasteiger partial charge in [0.1, 0.15) is 0 Å². The van der Waals surface area contributed by atoms with Crippen LogP contribution in [0.1, 0.15) is 10.4 Å².